The van der Waals surface area contributed by atoms with Crippen molar-refractivity contribution in [3.63, 3.8) is 0 Å². The molecule has 0 atom stereocenters. The Bertz CT molecular complexity index is 1140. The number of rotatable bonds is 27. The maximum absolute atomic E-state index is 2.70. The van der Waals surface area contributed by atoms with E-state index >= 15 is 0 Å². The minimum absolute atomic E-state index is 0.669. The van der Waals surface area contributed by atoms with Gasteiger partial charge in [0.2, 0.25) is 0 Å². The third kappa shape index (κ3) is 14.0. The van der Waals surface area contributed by atoms with E-state index in [1.165, 1.54) is 154 Å². The lowest BCUT2D eigenvalue weighted by Crippen LogP contribution is -2.31. The molecule has 0 N–H and O–H groups in total. The van der Waals surface area contributed by atoms with Gasteiger partial charge in [-0.2, -0.15) is 0 Å². The van der Waals surface area contributed by atoms with Gasteiger partial charge in [0.1, 0.15) is 0 Å². The lowest BCUT2D eigenvalue weighted by molar-refractivity contribution is 0.701. The van der Waals surface area contributed by atoms with Crippen LogP contribution in [0.15, 0.2) is 54.6 Å². The van der Waals surface area contributed by atoms with E-state index in [0.717, 1.165) is 0 Å². The van der Waals surface area contributed by atoms with Gasteiger partial charge >= 0.3 is 0 Å². The van der Waals surface area contributed by atoms with Crippen LogP contribution in [-0.4, -0.2) is 0 Å². The maximum atomic E-state index is 2.70. The second-order valence-electron chi connectivity index (χ2n) is 14.9. The fraction of sp³-hybridized carbons (Fsp3) is 0.625. The second kappa shape index (κ2) is 25.1. The van der Waals surface area contributed by atoms with Crippen LogP contribution in [0.1, 0.15) is 190 Å². The monoisotopic (exact) mass is 683 g/mol. The van der Waals surface area contributed by atoms with Crippen molar-refractivity contribution in [2.24, 2.45) is 0 Å². The van der Waals surface area contributed by atoms with Gasteiger partial charge in [-0.15, -0.1) is 0 Å². The van der Waals surface area contributed by atoms with Gasteiger partial charge in [-0.25, -0.2) is 0 Å². The molecule has 3 rings (SSSR count). The molecule has 0 fully saturated rings. The van der Waals surface area contributed by atoms with E-state index in [4.69, 9.17) is 0 Å². The molecular weight excluding hydrogens is 608 g/mol. The number of benzene rings is 3. The van der Waals surface area contributed by atoms with Gasteiger partial charge in [0, 0.05) is 0 Å². The quantitative estimate of drug-likeness (QED) is 0.0554. The Balaban J connectivity index is 2.39. The highest BCUT2D eigenvalue weighted by Crippen LogP contribution is 2.41. The van der Waals surface area contributed by atoms with Crippen molar-refractivity contribution in [3.8, 4) is 0 Å². The van der Waals surface area contributed by atoms with Crippen molar-refractivity contribution in [3.05, 3.63) is 88.0 Å². The van der Waals surface area contributed by atoms with Gasteiger partial charge in [-0.05, 0) is 134 Å². The molecule has 49 heavy (non-hydrogen) atoms. The first-order valence-electron chi connectivity index (χ1n) is 21.3. The molecule has 3 aromatic carbocycles. The number of hydrogen-bond acceptors (Lipinski definition) is 0. The molecule has 0 saturated heterocycles. The van der Waals surface area contributed by atoms with Crippen molar-refractivity contribution in [2.75, 3.05) is 0 Å². The van der Waals surface area contributed by atoms with Crippen LogP contribution in [0.4, 0.5) is 0 Å². The molecule has 272 valence electrons. The Morgan fingerprint density at radius 3 is 0.918 bits per heavy atom. The summed E-state index contributed by atoms with van der Waals surface area (Å²) in [6.45, 7) is 14.1. The molecule has 0 radical (unpaired) electrons. The summed E-state index contributed by atoms with van der Waals surface area (Å²) in [5, 5.41) is 5.07. The van der Waals surface area contributed by atoms with E-state index in [9.17, 15) is 0 Å². The largest absolute Gasteiger partial charge is 0.0654 e. The van der Waals surface area contributed by atoms with Gasteiger partial charge in [-0.1, -0.05) is 173 Å². The van der Waals surface area contributed by atoms with E-state index in [1.54, 1.807) is 49.3 Å². The first-order chi connectivity index (χ1) is 24.1. The van der Waals surface area contributed by atoms with Crippen LogP contribution < -0.4 is 15.9 Å². The lowest BCUT2D eigenvalue weighted by Gasteiger charge is -2.31. The molecule has 0 heterocycles. The standard InChI is InChI=1S/C48H75P/c1-7-13-20-28-40-36-42(30-22-15-9-3)47(43(37-40)31-23-16-10-4)49(46-34-26-19-27-35-46)48-44(32-24-17-11-5)38-41(29-21-14-8-2)39-45(48)33-25-18-12-6/h19,26-27,34-39H,7-18,20-25,28-33H2,1-6H3. The fourth-order valence-electron chi connectivity index (χ4n) is 7.66. The Hall–Kier alpha value is -1.91. The summed E-state index contributed by atoms with van der Waals surface area (Å²) in [6, 6.07) is 22.7. The number of aryl methyl sites for hydroxylation is 6. The molecule has 0 bridgehead atoms. The van der Waals surface area contributed by atoms with E-state index < -0.39 is 7.92 Å². The Kier molecular flexibility index (Phi) is 21.3. The zero-order chi connectivity index (χ0) is 35.1. The molecule has 0 aliphatic rings. The van der Waals surface area contributed by atoms with Crippen LogP contribution in [-0.2, 0) is 38.5 Å². The van der Waals surface area contributed by atoms with Crippen molar-refractivity contribution in [1.82, 2.24) is 0 Å². The summed E-state index contributed by atoms with van der Waals surface area (Å²) in [7, 11) is -0.669. The number of unbranched alkanes of at least 4 members (excludes halogenated alkanes) is 12. The zero-order valence-electron chi connectivity index (χ0n) is 33.1. The van der Waals surface area contributed by atoms with Crippen molar-refractivity contribution < 1.29 is 0 Å². The van der Waals surface area contributed by atoms with Crippen LogP contribution >= 0.6 is 7.92 Å². The van der Waals surface area contributed by atoms with Crippen molar-refractivity contribution >= 4 is 23.8 Å². The van der Waals surface area contributed by atoms with Gasteiger partial charge in [0.05, 0.1) is 0 Å². The minimum Gasteiger partial charge on any atom is -0.0654 e. The van der Waals surface area contributed by atoms with Gasteiger partial charge in [0.25, 0.3) is 0 Å². The third-order valence-corrected chi connectivity index (χ3v) is 13.3. The van der Waals surface area contributed by atoms with Crippen molar-refractivity contribution in [2.45, 2.75) is 196 Å². The van der Waals surface area contributed by atoms with Crippen LogP contribution in [0.2, 0.25) is 0 Å². The molecular formula is C48H75P. The van der Waals surface area contributed by atoms with Gasteiger partial charge in [-0.3, -0.25) is 0 Å². The van der Waals surface area contributed by atoms with Crippen LogP contribution in [0.3, 0.4) is 0 Å². The molecule has 0 nitrogen and oxygen atoms in total. The molecule has 0 aromatic heterocycles. The molecule has 0 aliphatic heterocycles. The summed E-state index contributed by atoms with van der Waals surface area (Å²) >= 11 is 0. The average molecular weight is 683 g/mol. The topological polar surface area (TPSA) is 0 Å². The predicted octanol–water partition coefficient (Wildman–Crippen LogP) is 13.8. The van der Waals surface area contributed by atoms with E-state index in [2.05, 4.69) is 96.1 Å². The Morgan fingerprint density at radius 1 is 0.347 bits per heavy atom. The van der Waals surface area contributed by atoms with Crippen LogP contribution in [0, 0.1) is 0 Å². The average Bonchev–Trinajstić information content (AvgIpc) is 3.11. The van der Waals surface area contributed by atoms with Crippen LogP contribution in [0.25, 0.3) is 0 Å². The van der Waals surface area contributed by atoms with Gasteiger partial charge < -0.3 is 0 Å². The zero-order valence-corrected chi connectivity index (χ0v) is 34.0. The van der Waals surface area contributed by atoms with Crippen LogP contribution in [0.5, 0.6) is 0 Å². The normalized spacial score (nSPS) is 11.6. The third-order valence-electron chi connectivity index (χ3n) is 10.5. The summed E-state index contributed by atoms with van der Waals surface area (Å²) in [4.78, 5) is 0. The second-order valence-corrected chi connectivity index (χ2v) is 17.0. The fourth-order valence-corrected chi connectivity index (χ4v) is 10.7. The summed E-state index contributed by atoms with van der Waals surface area (Å²) in [5.41, 5.74) is 9.97. The molecule has 0 amide bonds. The molecule has 3 aromatic rings. The predicted molar refractivity (Wildman–Crippen MR) is 225 cm³/mol. The first-order valence-corrected chi connectivity index (χ1v) is 22.6. The summed E-state index contributed by atoms with van der Waals surface area (Å²) in [5.74, 6) is 0. The minimum atomic E-state index is -0.669. The van der Waals surface area contributed by atoms with Crippen molar-refractivity contribution in [1.29, 1.82) is 0 Å². The van der Waals surface area contributed by atoms with E-state index in [0.29, 0.717) is 0 Å². The highest BCUT2D eigenvalue weighted by atomic mass is 31.1. The Labute approximate surface area is 306 Å². The first kappa shape index (κ1) is 41.5. The molecule has 0 spiro atoms. The maximum Gasteiger partial charge on any atom is -0.00866 e. The lowest BCUT2D eigenvalue weighted by atomic mass is 9.95. The van der Waals surface area contributed by atoms with E-state index in [1.807, 2.05) is 0 Å². The summed E-state index contributed by atoms with van der Waals surface area (Å²) < 4.78 is 0. The summed E-state index contributed by atoms with van der Waals surface area (Å²) in [6.07, 6.45) is 30.9. The SMILES string of the molecule is CCCCCc1cc(CCCCC)c(P(c2ccccc2)c2c(CCCCC)cc(CCCCC)cc2CCCCC)c(CCCCC)c1. The smallest absolute Gasteiger partial charge is 0.00866 e. The molecule has 0 unspecified atom stereocenters. The molecule has 0 saturated carbocycles. The number of hydrogen-bond donors (Lipinski definition) is 0. The molecule has 0 aliphatic carbocycles. The highest BCUT2D eigenvalue weighted by Gasteiger charge is 2.28. The van der Waals surface area contributed by atoms with E-state index in [-0.39, 0.29) is 0 Å². The highest BCUT2D eigenvalue weighted by molar-refractivity contribution is 7.80. The molecule has 1 heteroatoms. The van der Waals surface area contributed by atoms with Gasteiger partial charge in [0.15, 0.2) is 0 Å². The Morgan fingerprint density at radius 2 is 0.633 bits per heavy atom.